The minimum atomic E-state index is -0.473. The van der Waals surface area contributed by atoms with Gasteiger partial charge in [0, 0.05) is 18.7 Å². The average molecular weight is 332 g/mol. The number of hydrogen-bond acceptors (Lipinski definition) is 3. The van der Waals surface area contributed by atoms with E-state index in [1.165, 1.54) is 0 Å². The summed E-state index contributed by atoms with van der Waals surface area (Å²) in [6, 6.07) is 0. The molecule has 0 fully saturated rings. The molecule has 0 aromatic carbocycles. The van der Waals surface area contributed by atoms with Gasteiger partial charge in [-0.25, -0.2) is 4.79 Å². The summed E-state index contributed by atoms with van der Waals surface area (Å²) >= 11 is 0. The molecule has 2 amide bonds. The van der Waals surface area contributed by atoms with Crippen molar-refractivity contribution in [1.29, 1.82) is 0 Å². The molecule has 0 saturated heterocycles. The van der Waals surface area contributed by atoms with Crippen LogP contribution in [0.25, 0.3) is 0 Å². The lowest BCUT2D eigenvalue weighted by atomic mass is 10.1. The van der Waals surface area contributed by atoms with Crippen molar-refractivity contribution in [2.75, 3.05) is 13.1 Å². The maximum atomic E-state index is 12.0. The second kappa shape index (κ2) is 10.5. The molecule has 0 radical (unpaired) electrons. The Morgan fingerprint density at radius 3 is 2.25 bits per heavy atom. The third-order valence-electron chi connectivity index (χ3n) is 3.07. The number of alkyl carbamates (subject to hydrolysis) is 1. The maximum absolute atomic E-state index is 12.0. The van der Waals surface area contributed by atoms with E-state index in [2.05, 4.69) is 10.6 Å². The van der Waals surface area contributed by atoms with Gasteiger partial charge in [0.25, 0.3) is 5.91 Å². The highest BCUT2D eigenvalue weighted by Gasteiger charge is 2.15. The number of carbonyl (C=O) groups is 2. The molecule has 0 saturated carbocycles. The normalized spacial score (nSPS) is 19.9. The molecule has 0 spiro atoms. The highest BCUT2D eigenvalue weighted by molar-refractivity contribution is 5.96. The zero-order valence-electron chi connectivity index (χ0n) is 14.8. The van der Waals surface area contributed by atoms with Crippen LogP contribution in [-0.4, -0.2) is 30.7 Å². The van der Waals surface area contributed by atoms with E-state index in [0.717, 1.165) is 19.3 Å². The molecule has 0 heterocycles. The van der Waals surface area contributed by atoms with Gasteiger partial charge in [-0.2, -0.15) is 0 Å². The van der Waals surface area contributed by atoms with Crippen molar-refractivity contribution in [3.05, 3.63) is 48.1 Å². The van der Waals surface area contributed by atoms with Crippen LogP contribution in [0.4, 0.5) is 4.79 Å². The molecule has 0 aromatic rings. The van der Waals surface area contributed by atoms with Crippen molar-refractivity contribution >= 4 is 12.0 Å². The summed E-state index contributed by atoms with van der Waals surface area (Å²) in [5.74, 6) is -0.0712. The Bertz CT molecular complexity index is 537. The van der Waals surface area contributed by atoms with Crippen molar-refractivity contribution in [2.24, 2.45) is 0 Å². The molecule has 0 atom stereocenters. The fourth-order valence-corrected chi connectivity index (χ4v) is 1.95. The summed E-state index contributed by atoms with van der Waals surface area (Å²) in [5, 5.41) is 5.63. The summed E-state index contributed by atoms with van der Waals surface area (Å²) in [6.45, 7) is 6.70. The molecule has 0 aliphatic heterocycles. The lowest BCUT2D eigenvalue weighted by Crippen LogP contribution is -2.33. The smallest absolute Gasteiger partial charge is 0.407 e. The summed E-state index contributed by atoms with van der Waals surface area (Å²) in [7, 11) is 0. The van der Waals surface area contributed by atoms with Crippen LogP contribution in [0.15, 0.2) is 48.1 Å². The van der Waals surface area contributed by atoms with E-state index in [0.29, 0.717) is 18.7 Å². The van der Waals surface area contributed by atoms with Crippen molar-refractivity contribution in [3.8, 4) is 0 Å². The van der Waals surface area contributed by atoms with Gasteiger partial charge in [0.05, 0.1) is 0 Å². The first-order valence-electron chi connectivity index (χ1n) is 8.35. The Hall–Kier alpha value is -2.30. The Morgan fingerprint density at radius 1 is 0.917 bits per heavy atom. The third kappa shape index (κ3) is 9.66. The predicted molar refractivity (Wildman–Crippen MR) is 96.6 cm³/mol. The van der Waals surface area contributed by atoms with E-state index >= 15 is 0 Å². The van der Waals surface area contributed by atoms with Gasteiger partial charge in [0.2, 0.25) is 0 Å². The number of nitrogens with one attached hydrogen (secondary N) is 2. The molecule has 132 valence electrons. The third-order valence-corrected chi connectivity index (χ3v) is 3.07. The zero-order chi connectivity index (χ0) is 17.8. The average Bonchev–Trinajstić information content (AvgIpc) is 2.43. The summed E-state index contributed by atoms with van der Waals surface area (Å²) in [4.78, 5) is 23.5. The molecule has 0 unspecified atom stereocenters. The predicted octanol–water partition coefficient (Wildman–Crippen LogP) is 3.41. The molecule has 5 nitrogen and oxygen atoms in total. The van der Waals surface area contributed by atoms with Crippen LogP contribution in [0.2, 0.25) is 0 Å². The summed E-state index contributed by atoms with van der Waals surface area (Å²) in [5.41, 5.74) is 0.168. The van der Waals surface area contributed by atoms with Gasteiger partial charge < -0.3 is 15.4 Å². The fourth-order valence-electron chi connectivity index (χ4n) is 1.95. The molecule has 24 heavy (non-hydrogen) atoms. The molecule has 1 aliphatic carbocycles. The summed E-state index contributed by atoms with van der Waals surface area (Å²) in [6.07, 6.45) is 15.2. The monoisotopic (exact) mass is 332 g/mol. The first kappa shape index (κ1) is 19.7. The van der Waals surface area contributed by atoms with Gasteiger partial charge in [-0.05, 0) is 52.2 Å². The minimum absolute atomic E-state index is 0.0712. The van der Waals surface area contributed by atoms with Crippen molar-refractivity contribution < 1.29 is 14.3 Å². The number of hydrogen-bond donors (Lipinski definition) is 2. The van der Waals surface area contributed by atoms with Crippen molar-refractivity contribution in [2.45, 2.75) is 45.6 Å². The molecule has 5 heteroatoms. The Balaban J connectivity index is 2.10. The fraction of sp³-hybridized carbons (Fsp3) is 0.474. The van der Waals surface area contributed by atoms with E-state index in [4.69, 9.17) is 4.74 Å². The maximum Gasteiger partial charge on any atom is 0.407 e. The highest BCUT2D eigenvalue weighted by Crippen LogP contribution is 2.06. The van der Waals surface area contributed by atoms with Crippen LogP contribution in [-0.2, 0) is 9.53 Å². The number of carbonyl (C=O) groups excluding carboxylic acids is 2. The van der Waals surface area contributed by atoms with Gasteiger partial charge in [0.15, 0.2) is 0 Å². The van der Waals surface area contributed by atoms with Gasteiger partial charge in [-0.1, -0.05) is 30.4 Å². The zero-order valence-corrected chi connectivity index (χ0v) is 14.8. The van der Waals surface area contributed by atoms with Crippen molar-refractivity contribution in [1.82, 2.24) is 10.6 Å². The topological polar surface area (TPSA) is 67.4 Å². The van der Waals surface area contributed by atoms with E-state index in [1.54, 1.807) is 12.2 Å². The van der Waals surface area contributed by atoms with Gasteiger partial charge >= 0.3 is 6.09 Å². The van der Waals surface area contributed by atoms with E-state index in [-0.39, 0.29) is 12.0 Å². The van der Waals surface area contributed by atoms with Crippen LogP contribution in [0.3, 0.4) is 0 Å². The van der Waals surface area contributed by atoms with Gasteiger partial charge in [-0.15, -0.1) is 0 Å². The lowest BCUT2D eigenvalue weighted by molar-refractivity contribution is -0.117. The molecule has 0 aromatic heterocycles. The molecular weight excluding hydrogens is 304 g/mol. The van der Waals surface area contributed by atoms with Crippen molar-refractivity contribution in [3.63, 3.8) is 0 Å². The quantitative estimate of drug-likeness (QED) is 0.702. The minimum Gasteiger partial charge on any atom is -0.444 e. The standard InChI is InChI=1S/C19H28N2O3/c1-19(2,3)24-18(23)21-15-11-7-10-14-20-17(22)16-12-8-5-4-6-9-13-16/h4-6,8-9,12-13H,7,10-11,14-15H2,1-3H3,(H,20,22)(H,21,23)/b5-4-,6-4?,8-5?,9-6-,12-8-,13-9?,16-12?,16-13+. The van der Waals surface area contributed by atoms with Gasteiger partial charge in [-0.3, -0.25) is 4.79 Å². The van der Waals surface area contributed by atoms with E-state index < -0.39 is 5.60 Å². The molecule has 1 rings (SSSR count). The van der Waals surface area contributed by atoms with Crippen LogP contribution in [0.5, 0.6) is 0 Å². The molecule has 2 N–H and O–H groups in total. The Labute approximate surface area is 144 Å². The largest absolute Gasteiger partial charge is 0.444 e. The van der Waals surface area contributed by atoms with Crippen LogP contribution >= 0.6 is 0 Å². The Morgan fingerprint density at radius 2 is 1.54 bits per heavy atom. The number of amides is 2. The van der Waals surface area contributed by atoms with Gasteiger partial charge in [0.1, 0.15) is 5.60 Å². The first-order chi connectivity index (χ1) is 11.4. The molecule has 1 aliphatic rings. The summed E-state index contributed by atoms with van der Waals surface area (Å²) < 4.78 is 5.15. The highest BCUT2D eigenvalue weighted by atomic mass is 16.6. The number of ether oxygens (including phenoxy) is 1. The number of rotatable bonds is 7. The molecular formula is C19H28N2O3. The SMILES string of the molecule is CC(C)(C)OC(=O)NCCCCCNC(=O)C1=C/C=C\C=C/C=C\1. The van der Waals surface area contributed by atoms with Crippen LogP contribution in [0.1, 0.15) is 40.0 Å². The Kier molecular flexibility index (Phi) is 8.61. The van der Waals surface area contributed by atoms with Crippen LogP contribution < -0.4 is 10.6 Å². The second-order valence-electron chi connectivity index (χ2n) is 6.50. The molecule has 0 bridgehead atoms. The lowest BCUT2D eigenvalue weighted by Gasteiger charge is -2.19. The van der Waals surface area contributed by atoms with E-state index in [1.807, 2.05) is 51.2 Å². The number of unbranched alkanes of at least 4 members (excludes halogenated alkanes) is 2. The van der Waals surface area contributed by atoms with Crippen LogP contribution in [0, 0.1) is 0 Å². The number of allylic oxidation sites excluding steroid dienone is 6. The first-order valence-corrected chi connectivity index (χ1v) is 8.35. The van der Waals surface area contributed by atoms with E-state index in [9.17, 15) is 9.59 Å². The second-order valence-corrected chi connectivity index (χ2v) is 6.50.